The molecule has 0 aliphatic heterocycles. The molecule has 0 unspecified atom stereocenters. The standard InChI is InChI=1S/C16H14FNO3/c1-11(16(19)20)21-15-7-5-12(6-8-15)10-18-14-4-2-3-13(17)9-14/h2-11H,1H3,(H,19,20)/t11-/m1/s1. The maximum Gasteiger partial charge on any atom is 0.344 e. The maximum absolute atomic E-state index is 13.0. The van der Waals surface area contributed by atoms with Crippen molar-refractivity contribution in [3.8, 4) is 5.75 Å². The SMILES string of the molecule is C[C@@H](Oc1ccc(C=Nc2cccc(F)c2)cc1)C(=O)O. The zero-order valence-electron chi connectivity index (χ0n) is 11.4. The van der Waals surface area contributed by atoms with Crippen molar-refractivity contribution >= 4 is 17.9 Å². The largest absolute Gasteiger partial charge is 0.479 e. The molecule has 108 valence electrons. The van der Waals surface area contributed by atoms with E-state index in [0.717, 1.165) is 5.56 Å². The van der Waals surface area contributed by atoms with Crippen molar-refractivity contribution in [3.05, 3.63) is 59.9 Å². The molecule has 0 radical (unpaired) electrons. The number of halogens is 1. The summed E-state index contributed by atoms with van der Waals surface area (Å²) in [5.74, 6) is -0.893. The minimum atomic E-state index is -1.02. The van der Waals surface area contributed by atoms with Gasteiger partial charge in [0.2, 0.25) is 0 Å². The van der Waals surface area contributed by atoms with Crippen molar-refractivity contribution in [2.45, 2.75) is 13.0 Å². The summed E-state index contributed by atoms with van der Waals surface area (Å²) in [7, 11) is 0. The van der Waals surface area contributed by atoms with Crippen LogP contribution in [0.15, 0.2) is 53.5 Å². The number of carboxylic acids is 1. The van der Waals surface area contributed by atoms with E-state index in [2.05, 4.69) is 4.99 Å². The topological polar surface area (TPSA) is 58.9 Å². The fourth-order valence-corrected chi connectivity index (χ4v) is 1.59. The summed E-state index contributed by atoms with van der Waals surface area (Å²) in [4.78, 5) is 14.8. The fraction of sp³-hybridized carbons (Fsp3) is 0.125. The Morgan fingerprint density at radius 3 is 2.62 bits per heavy atom. The van der Waals surface area contributed by atoms with Crippen molar-refractivity contribution < 1.29 is 19.0 Å². The van der Waals surface area contributed by atoms with Crippen LogP contribution < -0.4 is 4.74 Å². The number of benzene rings is 2. The second-order valence-electron chi connectivity index (χ2n) is 4.41. The third-order valence-electron chi connectivity index (χ3n) is 2.71. The highest BCUT2D eigenvalue weighted by Gasteiger charge is 2.11. The van der Waals surface area contributed by atoms with Gasteiger partial charge in [-0.05, 0) is 55.0 Å². The average molecular weight is 287 g/mol. The van der Waals surface area contributed by atoms with Crippen LogP contribution in [0.25, 0.3) is 0 Å². The van der Waals surface area contributed by atoms with Gasteiger partial charge in [-0.25, -0.2) is 9.18 Å². The molecular formula is C16H14FNO3. The summed E-state index contributed by atoms with van der Waals surface area (Å²) in [5.41, 5.74) is 1.32. The van der Waals surface area contributed by atoms with Crippen molar-refractivity contribution in [2.24, 2.45) is 4.99 Å². The van der Waals surface area contributed by atoms with E-state index in [-0.39, 0.29) is 5.82 Å². The smallest absolute Gasteiger partial charge is 0.344 e. The van der Waals surface area contributed by atoms with Gasteiger partial charge >= 0.3 is 5.97 Å². The Balaban J connectivity index is 2.04. The van der Waals surface area contributed by atoms with Crippen LogP contribution in [0.5, 0.6) is 5.75 Å². The number of hydrogen-bond donors (Lipinski definition) is 1. The van der Waals surface area contributed by atoms with Crippen LogP contribution in [0, 0.1) is 5.82 Å². The molecule has 0 heterocycles. The first-order valence-electron chi connectivity index (χ1n) is 6.34. The molecule has 0 spiro atoms. The Hall–Kier alpha value is -2.69. The van der Waals surface area contributed by atoms with E-state index < -0.39 is 12.1 Å². The molecule has 0 bridgehead atoms. The summed E-state index contributed by atoms with van der Waals surface area (Å²) in [6.07, 6.45) is 0.691. The molecule has 2 rings (SSSR count). The second-order valence-corrected chi connectivity index (χ2v) is 4.41. The summed E-state index contributed by atoms with van der Waals surface area (Å²) >= 11 is 0. The molecule has 5 heteroatoms. The van der Waals surface area contributed by atoms with Gasteiger partial charge in [-0.1, -0.05) is 6.07 Å². The van der Waals surface area contributed by atoms with Gasteiger partial charge < -0.3 is 9.84 Å². The maximum atomic E-state index is 13.0. The molecule has 2 aromatic rings. The Morgan fingerprint density at radius 1 is 1.29 bits per heavy atom. The van der Waals surface area contributed by atoms with Crippen molar-refractivity contribution in [1.82, 2.24) is 0 Å². The van der Waals surface area contributed by atoms with E-state index in [4.69, 9.17) is 9.84 Å². The lowest BCUT2D eigenvalue weighted by Crippen LogP contribution is -2.22. The predicted molar refractivity (Wildman–Crippen MR) is 77.8 cm³/mol. The highest BCUT2D eigenvalue weighted by molar-refractivity contribution is 5.82. The first-order valence-corrected chi connectivity index (χ1v) is 6.34. The van der Waals surface area contributed by atoms with Gasteiger partial charge in [0.25, 0.3) is 0 Å². The predicted octanol–water partition coefficient (Wildman–Crippen LogP) is 3.43. The van der Waals surface area contributed by atoms with Crippen LogP contribution in [0.2, 0.25) is 0 Å². The average Bonchev–Trinajstić information content (AvgIpc) is 2.46. The molecule has 0 fully saturated rings. The molecule has 21 heavy (non-hydrogen) atoms. The van der Waals surface area contributed by atoms with E-state index in [9.17, 15) is 9.18 Å². The third kappa shape index (κ3) is 4.42. The molecule has 0 amide bonds. The molecule has 1 N–H and O–H groups in total. The number of carbonyl (C=O) groups is 1. The van der Waals surface area contributed by atoms with Crippen molar-refractivity contribution in [2.75, 3.05) is 0 Å². The van der Waals surface area contributed by atoms with Crippen molar-refractivity contribution in [3.63, 3.8) is 0 Å². The van der Waals surface area contributed by atoms with Gasteiger partial charge in [-0.3, -0.25) is 4.99 Å². The summed E-state index contributed by atoms with van der Waals surface area (Å²) in [6.45, 7) is 1.46. The highest BCUT2D eigenvalue weighted by Crippen LogP contribution is 2.15. The molecule has 0 aromatic heterocycles. The summed E-state index contributed by atoms with van der Waals surface area (Å²) in [6, 6.07) is 12.8. The van der Waals surface area contributed by atoms with Gasteiger partial charge in [0.15, 0.2) is 6.10 Å². The summed E-state index contributed by atoms with van der Waals surface area (Å²) < 4.78 is 18.2. The van der Waals surface area contributed by atoms with Crippen LogP contribution >= 0.6 is 0 Å². The molecule has 0 aliphatic rings. The molecule has 0 aliphatic carbocycles. The van der Waals surface area contributed by atoms with Crippen LogP contribution in [0.1, 0.15) is 12.5 Å². The number of rotatable bonds is 5. The molecule has 1 atom stereocenters. The first-order chi connectivity index (χ1) is 10.0. The molecule has 2 aromatic carbocycles. The number of nitrogens with zero attached hydrogens (tertiary/aromatic N) is 1. The van der Waals surface area contributed by atoms with Crippen LogP contribution in [0.4, 0.5) is 10.1 Å². The Morgan fingerprint density at radius 2 is 2.00 bits per heavy atom. The molecular weight excluding hydrogens is 273 g/mol. The van der Waals surface area contributed by atoms with Gasteiger partial charge in [0.05, 0.1) is 5.69 Å². The zero-order valence-corrected chi connectivity index (χ0v) is 11.4. The first kappa shape index (κ1) is 14.7. The second kappa shape index (κ2) is 6.65. The third-order valence-corrected chi connectivity index (χ3v) is 2.71. The molecule has 0 saturated heterocycles. The Labute approximate surface area is 121 Å². The monoisotopic (exact) mass is 287 g/mol. The minimum absolute atomic E-state index is 0.337. The van der Waals surface area contributed by atoms with Crippen LogP contribution in [0.3, 0.4) is 0 Å². The van der Waals surface area contributed by atoms with E-state index in [0.29, 0.717) is 11.4 Å². The number of aliphatic carboxylic acids is 1. The van der Waals surface area contributed by atoms with E-state index in [1.54, 1.807) is 42.6 Å². The van der Waals surface area contributed by atoms with E-state index in [1.807, 2.05) is 0 Å². The van der Waals surface area contributed by atoms with E-state index >= 15 is 0 Å². The lowest BCUT2D eigenvalue weighted by Gasteiger charge is -2.09. The van der Waals surface area contributed by atoms with Gasteiger partial charge in [-0.15, -0.1) is 0 Å². The fourth-order valence-electron chi connectivity index (χ4n) is 1.59. The van der Waals surface area contributed by atoms with E-state index in [1.165, 1.54) is 19.1 Å². The normalized spacial score (nSPS) is 12.3. The minimum Gasteiger partial charge on any atom is -0.479 e. The van der Waals surface area contributed by atoms with Crippen LogP contribution in [-0.2, 0) is 4.79 Å². The van der Waals surface area contributed by atoms with Crippen molar-refractivity contribution in [1.29, 1.82) is 0 Å². The quantitative estimate of drug-likeness (QED) is 0.857. The highest BCUT2D eigenvalue weighted by atomic mass is 19.1. The van der Waals surface area contributed by atoms with Gasteiger partial charge in [0.1, 0.15) is 11.6 Å². The number of ether oxygens (including phenoxy) is 1. The Kier molecular flexibility index (Phi) is 4.66. The molecule has 4 nitrogen and oxygen atoms in total. The number of carboxylic acid groups (broad SMARTS) is 1. The Bertz CT molecular complexity index is 653. The number of hydrogen-bond acceptors (Lipinski definition) is 3. The number of aliphatic imine (C=N–C) groups is 1. The lowest BCUT2D eigenvalue weighted by atomic mass is 10.2. The zero-order chi connectivity index (χ0) is 15.2. The van der Waals surface area contributed by atoms with Gasteiger partial charge in [0, 0.05) is 6.21 Å². The summed E-state index contributed by atoms with van der Waals surface area (Å²) in [5, 5.41) is 8.75. The van der Waals surface area contributed by atoms with Gasteiger partial charge in [-0.2, -0.15) is 0 Å². The molecule has 0 saturated carbocycles. The lowest BCUT2D eigenvalue weighted by molar-refractivity contribution is -0.144. The van der Waals surface area contributed by atoms with Crippen LogP contribution in [-0.4, -0.2) is 23.4 Å².